The maximum absolute atomic E-state index is 5.81. The summed E-state index contributed by atoms with van der Waals surface area (Å²) in [6.07, 6.45) is 4.71. The lowest BCUT2D eigenvalue weighted by Gasteiger charge is -2.43. The van der Waals surface area contributed by atoms with E-state index in [4.69, 9.17) is 14.2 Å². The molecule has 3 aliphatic rings. The van der Waals surface area contributed by atoms with Crippen LogP contribution < -0.4 is 14.2 Å². The topological polar surface area (TPSA) is 30.9 Å². The summed E-state index contributed by atoms with van der Waals surface area (Å²) in [6.45, 7) is 5.02. The van der Waals surface area contributed by atoms with Gasteiger partial charge in [-0.25, -0.2) is 0 Å². The molecule has 0 amide bonds. The fourth-order valence-corrected chi connectivity index (χ4v) is 5.21. The highest BCUT2D eigenvalue weighted by Gasteiger charge is 2.42. The van der Waals surface area contributed by atoms with Gasteiger partial charge in [0.1, 0.15) is 5.75 Å². The highest BCUT2D eigenvalue weighted by molar-refractivity contribution is 5.85. The van der Waals surface area contributed by atoms with Gasteiger partial charge in [-0.05, 0) is 74.4 Å². The Morgan fingerprint density at radius 2 is 1.93 bits per heavy atom. The number of nitrogens with zero attached hydrogens (tertiary/aromatic N) is 1. The first-order chi connectivity index (χ1) is 13.2. The van der Waals surface area contributed by atoms with E-state index in [1.54, 1.807) is 7.11 Å². The largest absolute Gasteiger partial charge is 0.497 e. The number of methoxy groups -OCH3 is 1. The van der Waals surface area contributed by atoms with Crippen molar-refractivity contribution in [3.05, 3.63) is 53.1 Å². The molecule has 2 heterocycles. The quantitative estimate of drug-likeness (QED) is 0.732. The van der Waals surface area contributed by atoms with Gasteiger partial charge in [-0.1, -0.05) is 18.2 Å². The van der Waals surface area contributed by atoms with Crippen molar-refractivity contribution < 1.29 is 14.2 Å². The van der Waals surface area contributed by atoms with Crippen LogP contribution in [0, 0.1) is 0 Å². The zero-order valence-corrected chi connectivity index (χ0v) is 17.4. The standard InChI is InChI=1S/C23H27NO3.ClH/c1-23(12-3-4-19-20(23)9-10-21-22(19)27-15-26-21)24-13-11-17(14-24)16-5-7-18(25-2)8-6-16;/h5-10,17H,3-4,11-15H2,1-2H3;1H. The molecule has 28 heavy (non-hydrogen) atoms. The van der Waals surface area contributed by atoms with Gasteiger partial charge in [0, 0.05) is 17.6 Å². The Kier molecular flexibility index (Phi) is 5.19. The molecule has 0 N–H and O–H groups in total. The monoisotopic (exact) mass is 401 g/mol. The summed E-state index contributed by atoms with van der Waals surface area (Å²) in [5.41, 5.74) is 4.30. The lowest BCUT2D eigenvalue weighted by atomic mass is 9.76. The molecule has 5 rings (SSSR count). The second-order valence-electron chi connectivity index (χ2n) is 8.16. The minimum Gasteiger partial charge on any atom is -0.497 e. The normalized spacial score (nSPS) is 25.9. The fourth-order valence-electron chi connectivity index (χ4n) is 5.21. The van der Waals surface area contributed by atoms with Crippen molar-refractivity contribution in [1.29, 1.82) is 0 Å². The Morgan fingerprint density at radius 1 is 1.11 bits per heavy atom. The Labute approximate surface area is 173 Å². The number of ether oxygens (including phenoxy) is 3. The highest BCUT2D eigenvalue weighted by atomic mass is 35.5. The maximum Gasteiger partial charge on any atom is 0.231 e. The van der Waals surface area contributed by atoms with E-state index in [0.29, 0.717) is 12.7 Å². The first kappa shape index (κ1) is 19.4. The minimum atomic E-state index is 0. The summed E-state index contributed by atoms with van der Waals surface area (Å²) in [7, 11) is 1.72. The minimum absolute atomic E-state index is 0. The zero-order valence-electron chi connectivity index (χ0n) is 16.6. The predicted molar refractivity (Wildman–Crippen MR) is 112 cm³/mol. The van der Waals surface area contributed by atoms with Gasteiger partial charge >= 0.3 is 0 Å². The van der Waals surface area contributed by atoms with Crippen LogP contribution in [0.15, 0.2) is 36.4 Å². The molecule has 0 aromatic heterocycles. The fraction of sp³-hybridized carbons (Fsp3) is 0.478. The lowest BCUT2D eigenvalue weighted by molar-refractivity contribution is 0.110. The van der Waals surface area contributed by atoms with E-state index in [1.165, 1.54) is 36.0 Å². The summed E-state index contributed by atoms with van der Waals surface area (Å²) in [6, 6.07) is 13.0. The Hall–Kier alpha value is -1.91. The summed E-state index contributed by atoms with van der Waals surface area (Å²) in [4.78, 5) is 2.70. The molecule has 5 heteroatoms. The number of halogens is 1. The molecular weight excluding hydrogens is 374 g/mol. The molecule has 0 radical (unpaired) electrons. The Bertz CT molecular complexity index is 854. The summed E-state index contributed by atoms with van der Waals surface area (Å²) < 4.78 is 16.7. The molecule has 0 bridgehead atoms. The van der Waals surface area contributed by atoms with Gasteiger partial charge in [0.25, 0.3) is 0 Å². The first-order valence-corrected chi connectivity index (χ1v) is 10.00. The molecule has 1 aliphatic carbocycles. The number of rotatable bonds is 3. The molecule has 0 spiro atoms. The van der Waals surface area contributed by atoms with Crippen LogP contribution in [0.4, 0.5) is 0 Å². The summed E-state index contributed by atoms with van der Waals surface area (Å²) in [5, 5.41) is 0. The number of hydrogen-bond acceptors (Lipinski definition) is 4. The SMILES string of the molecule is COc1ccc(C2CCN(C3(C)CCCc4c3ccc3c4OCO3)C2)cc1.Cl. The number of hydrogen-bond donors (Lipinski definition) is 0. The molecule has 2 atom stereocenters. The average Bonchev–Trinajstić information content (AvgIpc) is 3.38. The third kappa shape index (κ3) is 3.03. The van der Waals surface area contributed by atoms with Crippen molar-refractivity contribution in [2.75, 3.05) is 27.0 Å². The zero-order chi connectivity index (χ0) is 18.4. The van der Waals surface area contributed by atoms with E-state index in [2.05, 4.69) is 48.2 Å². The second-order valence-corrected chi connectivity index (χ2v) is 8.16. The van der Waals surface area contributed by atoms with E-state index in [9.17, 15) is 0 Å². The van der Waals surface area contributed by atoms with E-state index >= 15 is 0 Å². The van der Waals surface area contributed by atoms with E-state index in [1.807, 2.05) is 0 Å². The van der Waals surface area contributed by atoms with Crippen molar-refractivity contribution in [2.24, 2.45) is 0 Å². The maximum atomic E-state index is 5.81. The van der Waals surface area contributed by atoms with Gasteiger partial charge in [0.15, 0.2) is 11.5 Å². The molecule has 150 valence electrons. The number of fused-ring (bicyclic) bond motifs is 3. The molecule has 1 saturated heterocycles. The summed E-state index contributed by atoms with van der Waals surface area (Å²) in [5.74, 6) is 3.42. The van der Waals surface area contributed by atoms with Gasteiger partial charge < -0.3 is 14.2 Å². The molecular formula is C23H28ClNO3. The van der Waals surface area contributed by atoms with Gasteiger partial charge in [-0.2, -0.15) is 0 Å². The lowest BCUT2D eigenvalue weighted by Crippen LogP contribution is -2.44. The van der Waals surface area contributed by atoms with Crippen molar-refractivity contribution in [1.82, 2.24) is 4.90 Å². The van der Waals surface area contributed by atoms with Crippen molar-refractivity contribution in [2.45, 2.75) is 44.1 Å². The van der Waals surface area contributed by atoms with Crippen LogP contribution in [0.2, 0.25) is 0 Å². The molecule has 1 fully saturated rings. The number of likely N-dealkylation sites (tertiary alicyclic amines) is 1. The third-order valence-electron chi connectivity index (χ3n) is 6.79. The van der Waals surface area contributed by atoms with Gasteiger partial charge in [0.2, 0.25) is 6.79 Å². The van der Waals surface area contributed by atoms with Gasteiger partial charge in [-0.15, -0.1) is 12.4 Å². The molecule has 2 aliphatic heterocycles. The van der Waals surface area contributed by atoms with E-state index in [-0.39, 0.29) is 17.9 Å². The average molecular weight is 402 g/mol. The van der Waals surface area contributed by atoms with Gasteiger partial charge in [-0.3, -0.25) is 4.90 Å². The Balaban J connectivity index is 0.00000192. The first-order valence-electron chi connectivity index (χ1n) is 10.00. The molecule has 2 aromatic rings. The van der Waals surface area contributed by atoms with Crippen molar-refractivity contribution in [3.8, 4) is 17.2 Å². The number of benzene rings is 2. The molecule has 2 aromatic carbocycles. The van der Waals surface area contributed by atoms with Crippen molar-refractivity contribution in [3.63, 3.8) is 0 Å². The predicted octanol–water partition coefficient (Wildman–Crippen LogP) is 4.89. The van der Waals surface area contributed by atoms with E-state index < -0.39 is 0 Å². The second kappa shape index (κ2) is 7.49. The smallest absolute Gasteiger partial charge is 0.231 e. The van der Waals surface area contributed by atoms with Gasteiger partial charge in [0.05, 0.1) is 7.11 Å². The van der Waals surface area contributed by atoms with Crippen LogP contribution in [-0.4, -0.2) is 31.9 Å². The van der Waals surface area contributed by atoms with Crippen LogP contribution in [0.1, 0.15) is 48.8 Å². The molecule has 0 saturated carbocycles. The summed E-state index contributed by atoms with van der Waals surface area (Å²) >= 11 is 0. The Morgan fingerprint density at radius 3 is 2.71 bits per heavy atom. The molecule has 4 nitrogen and oxygen atoms in total. The highest BCUT2D eigenvalue weighted by Crippen LogP contribution is 2.49. The van der Waals surface area contributed by atoms with Crippen LogP contribution >= 0.6 is 12.4 Å². The van der Waals surface area contributed by atoms with Crippen LogP contribution in [-0.2, 0) is 12.0 Å². The van der Waals surface area contributed by atoms with Crippen LogP contribution in [0.3, 0.4) is 0 Å². The van der Waals surface area contributed by atoms with Crippen molar-refractivity contribution >= 4 is 12.4 Å². The molecule has 2 unspecified atom stereocenters. The third-order valence-corrected chi connectivity index (χ3v) is 6.79. The van der Waals surface area contributed by atoms with E-state index in [0.717, 1.165) is 36.8 Å². The van der Waals surface area contributed by atoms with Crippen LogP contribution in [0.25, 0.3) is 0 Å². The van der Waals surface area contributed by atoms with Crippen LogP contribution in [0.5, 0.6) is 17.2 Å².